The molecule has 0 radical (unpaired) electrons. The lowest BCUT2D eigenvalue weighted by atomic mass is 10.4. The van der Waals surface area contributed by atoms with Crippen LogP contribution in [-0.4, -0.2) is 20.9 Å². The van der Waals surface area contributed by atoms with Gasteiger partial charge in [-0.2, -0.15) is 0 Å². The number of carbonyl (C=O) groups excluding carboxylic acids is 1. The second-order valence-corrected chi connectivity index (χ2v) is 2.47. The number of rotatable bonds is 1. The van der Waals surface area contributed by atoms with Crippen LogP contribution in [0.3, 0.4) is 0 Å². The number of hydrogen-bond donors (Lipinski definition) is 1. The van der Waals surface area contributed by atoms with E-state index in [-0.39, 0.29) is 5.69 Å². The highest BCUT2D eigenvalue weighted by Gasteiger charge is 2.03. The highest BCUT2D eigenvalue weighted by atomic mass is 16.1. The smallest absolute Gasteiger partial charge is 0.268 e. The van der Waals surface area contributed by atoms with Crippen molar-refractivity contribution in [3.05, 3.63) is 30.2 Å². The standard InChI is InChI=1S/C8H6N4O/c9-7(13)6-4-11-8-5(12-6)2-1-3-10-8/h1-4H,(H2,9,13). The van der Waals surface area contributed by atoms with Gasteiger partial charge in [-0.05, 0) is 12.1 Å². The molecule has 0 saturated heterocycles. The van der Waals surface area contributed by atoms with Crippen LogP contribution in [0.5, 0.6) is 0 Å². The maximum atomic E-state index is 10.7. The number of carbonyl (C=O) groups is 1. The molecule has 0 aromatic carbocycles. The first-order chi connectivity index (χ1) is 6.27. The molecule has 0 bridgehead atoms. The van der Waals surface area contributed by atoms with Gasteiger partial charge in [0.25, 0.3) is 5.91 Å². The van der Waals surface area contributed by atoms with E-state index < -0.39 is 5.91 Å². The van der Waals surface area contributed by atoms with Crippen LogP contribution < -0.4 is 5.73 Å². The van der Waals surface area contributed by atoms with E-state index in [1.165, 1.54) is 6.20 Å². The molecule has 0 aliphatic rings. The van der Waals surface area contributed by atoms with Crippen molar-refractivity contribution >= 4 is 17.1 Å². The average molecular weight is 174 g/mol. The zero-order valence-electron chi connectivity index (χ0n) is 6.64. The molecule has 0 atom stereocenters. The molecule has 2 rings (SSSR count). The summed E-state index contributed by atoms with van der Waals surface area (Å²) in [7, 11) is 0. The van der Waals surface area contributed by atoms with Crippen molar-refractivity contribution in [1.82, 2.24) is 15.0 Å². The minimum atomic E-state index is -0.585. The number of aromatic nitrogens is 3. The van der Waals surface area contributed by atoms with Crippen LogP contribution in [0.1, 0.15) is 10.5 Å². The van der Waals surface area contributed by atoms with Gasteiger partial charge in [-0.25, -0.2) is 15.0 Å². The Labute approximate surface area is 73.6 Å². The van der Waals surface area contributed by atoms with Crippen molar-refractivity contribution in [3.8, 4) is 0 Å². The van der Waals surface area contributed by atoms with Gasteiger partial charge in [-0.1, -0.05) is 0 Å². The predicted molar refractivity (Wildman–Crippen MR) is 45.9 cm³/mol. The van der Waals surface area contributed by atoms with Crippen molar-refractivity contribution in [2.75, 3.05) is 0 Å². The SMILES string of the molecule is NC(=O)c1cnc2ncccc2n1. The Balaban J connectivity index is 2.69. The second kappa shape index (κ2) is 2.78. The van der Waals surface area contributed by atoms with Gasteiger partial charge < -0.3 is 5.73 Å². The second-order valence-electron chi connectivity index (χ2n) is 2.47. The van der Waals surface area contributed by atoms with E-state index in [0.29, 0.717) is 11.2 Å². The van der Waals surface area contributed by atoms with Crippen molar-refractivity contribution in [1.29, 1.82) is 0 Å². The Morgan fingerprint density at radius 2 is 2.23 bits per heavy atom. The van der Waals surface area contributed by atoms with E-state index >= 15 is 0 Å². The first kappa shape index (κ1) is 7.60. The number of hydrogen-bond acceptors (Lipinski definition) is 4. The van der Waals surface area contributed by atoms with Crippen molar-refractivity contribution in [2.24, 2.45) is 5.73 Å². The summed E-state index contributed by atoms with van der Waals surface area (Å²) >= 11 is 0. The van der Waals surface area contributed by atoms with E-state index in [1.807, 2.05) is 0 Å². The molecule has 0 aliphatic carbocycles. The van der Waals surface area contributed by atoms with Crippen LogP contribution in [0.25, 0.3) is 11.2 Å². The van der Waals surface area contributed by atoms with Crippen molar-refractivity contribution < 1.29 is 4.79 Å². The number of pyridine rings is 1. The van der Waals surface area contributed by atoms with Crippen LogP contribution in [0.4, 0.5) is 0 Å². The lowest BCUT2D eigenvalue weighted by molar-refractivity contribution is 0.0995. The number of fused-ring (bicyclic) bond motifs is 1. The van der Waals surface area contributed by atoms with Gasteiger partial charge in [0.05, 0.1) is 6.20 Å². The van der Waals surface area contributed by atoms with Gasteiger partial charge in [0, 0.05) is 6.20 Å². The molecule has 5 nitrogen and oxygen atoms in total. The van der Waals surface area contributed by atoms with E-state index in [2.05, 4.69) is 15.0 Å². The molecule has 1 amide bonds. The molecule has 2 aromatic heterocycles. The highest BCUT2D eigenvalue weighted by molar-refractivity contribution is 5.91. The maximum Gasteiger partial charge on any atom is 0.268 e. The Hall–Kier alpha value is -2.04. The summed E-state index contributed by atoms with van der Waals surface area (Å²) in [6.07, 6.45) is 2.93. The monoisotopic (exact) mass is 174 g/mol. The first-order valence-electron chi connectivity index (χ1n) is 3.65. The van der Waals surface area contributed by atoms with E-state index in [1.54, 1.807) is 18.3 Å². The molecule has 2 aromatic rings. The summed E-state index contributed by atoms with van der Waals surface area (Å²) < 4.78 is 0. The zero-order chi connectivity index (χ0) is 9.26. The van der Waals surface area contributed by atoms with Crippen molar-refractivity contribution in [2.45, 2.75) is 0 Å². The summed E-state index contributed by atoms with van der Waals surface area (Å²) in [5, 5.41) is 0. The number of nitrogens with zero attached hydrogens (tertiary/aromatic N) is 3. The van der Waals surface area contributed by atoms with Gasteiger partial charge >= 0.3 is 0 Å². The third-order valence-electron chi connectivity index (χ3n) is 1.57. The molecule has 0 aliphatic heterocycles. The minimum Gasteiger partial charge on any atom is -0.364 e. The molecule has 5 heteroatoms. The molecule has 0 fully saturated rings. The molecule has 0 spiro atoms. The Kier molecular flexibility index (Phi) is 1.63. The molecule has 2 heterocycles. The normalized spacial score (nSPS) is 10.2. The number of primary amides is 1. The summed E-state index contributed by atoms with van der Waals surface area (Å²) in [5.41, 5.74) is 6.27. The molecule has 2 N–H and O–H groups in total. The Bertz CT molecular complexity index is 468. The number of nitrogens with two attached hydrogens (primary N) is 1. The van der Waals surface area contributed by atoms with Crippen LogP contribution >= 0.6 is 0 Å². The van der Waals surface area contributed by atoms with Crippen LogP contribution in [0.15, 0.2) is 24.5 Å². The van der Waals surface area contributed by atoms with Crippen LogP contribution in [0.2, 0.25) is 0 Å². The summed E-state index contributed by atoms with van der Waals surface area (Å²) in [6, 6.07) is 3.45. The first-order valence-corrected chi connectivity index (χ1v) is 3.65. The fourth-order valence-corrected chi connectivity index (χ4v) is 0.975. The zero-order valence-corrected chi connectivity index (χ0v) is 6.64. The molecule has 13 heavy (non-hydrogen) atoms. The van der Waals surface area contributed by atoms with Gasteiger partial charge in [0.2, 0.25) is 0 Å². The Morgan fingerprint density at radius 1 is 1.38 bits per heavy atom. The fraction of sp³-hybridized carbons (Fsp3) is 0. The lowest BCUT2D eigenvalue weighted by Gasteiger charge is -1.96. The summed E-state index contributed by atoms with van der Waals surface area (Å²) in [6.45, 7) is 0. The molecule has 0 unspecified atom stereocenters. The van der Waals surface area contributed by atoms with Crippen LogP contribution in [-0.2, 0) is 0 Å². The fourth-order valence-electron chi connectivity index (χ4n) is 0.975. The maximum absolute atomic E-state index is 10.7. The van der Waals surface area contributed by atoms with Gasteiger partial charge in [0.1, 0.15) is 11.2 Å². The van der Waals surface area contributed by atoms with Gasteiger partial charge in [-0.15, -0.1) is 0 Å². The third kappa shape index (κ3) is 1.31. The quantitative estimate of drug-likeness (QED) is 0.665. The van der Waals surface area contributed by atoms with E-state index in [4.69, 9.17) is 5.73 Å². The lowest BCUT2D eigenvalue weighted by Crippen LogP contribution is -2.13. The molecule has 64 valence electrons. The van der Waals surface area contributed by atoms with Crippen molar-refractivity contribution in [3.63, 3.8) is 0 Å². The van der Waals surface area contributed by atoms with E-state index in [9.17, 15) is 4.79 Å². The largest absolute Gasteiger partial charge is 0.364 e. The highest BCUT2D eigenvalue weighted by Crippen LogP contribution is 2.04. The summed E-state index contributed by atoms with van der Waals surface area (Å²) in [5.74, 6) is -0.585. The molecular weight excluding hydrogens is 168 g/mol. The minimum absolute atomic E-state index is 0.153. The summed E-state index contributed by atoms with van der Waals surface area (Å²) in [4.78, 5) is 22.6. The Morgan fingerprint density at radius 3 is 3.00 bits per heavy atom. The third-order valence-corrected chi connectivity index (χ3v) is 1.57. The van der Waals surface area contributed by atoms with Gasteiger partial charge in [0.15, 0.2) is 5.65 Å². The molecule has 0 saturated carbocycles. The molecular formula is C8H6N4O. The van der Waals surface area contributed by atoms with E-state index in [0.717, 1.165) is 0 Å². The van der Waals surface area contributed by atoms with Crippen LogP contribution in [0, 0.1) is 0 Å². The predicted octanol–water partition coefficient (Wildman–Crippen LogP) is 0.124. The topological polar surface area (TPSA) is 81.8 Å². The number of amides is 1. The average Bonchev–Trinajstić information content (AvgIpc) is 2.17. The van der Waals surface area contributed by atoms with Gasteiger partial charge in [-0.3, -0.25) is 4.79 Å².